The second-order valence-electron chi connectivity index (χ2n) is 3.76. The Morgan fingerprint density at radius 1 is 1.50 bits per heavy atom. The van der Waals surface area contributed by atoms with Crippen molar-refractivity contribution in [3.63, 3.8) is 0 Å². The van der Waals surface area contributed by atoms with Gasteiger partial charge in [0.25, 0.3) is 0 Å². The van der Waals surface area contributed by atoms with Crippen LogP contribution in [0.4, 0.5) is 0 Å². The summed E-state index contributed by atoms with van der Waals surface area (Å²) in [6, 6.07) is -0.980. The van der Waals surface area contributed by atoms with Crippen molar-refractivity contribution in [1.29, 1.82) is 0 Å². The zero-order valence-corrected chi connectivity index (χ0v) is 10.7. The standard InChI is InChI=1S/C10H15NO5S.Ca.2H/c1-4-16-9(15)10(3)11(6(2)12)7(5-17-10)8(13)14;;;/h7H,4-5H2,1-3H3,(H,13,14);;;. The van der Waals surface area contributed by atoms with Crippen LogP contribution in [0.25, 0.3) is 0 Å². The van der Waals surface area contributed by atoms with Gasteiger partial charge in [-0.25, -0.2) is 9.59 Å². The Morgan fingerprint density at radius 3 is 2.44 bits per heavy atom. The van der Waals surface area contributed by atoms with Crippen LogP contribution in [0.2, 0.25) is 0 Å². The van der Waals surface area contributed by atoms with Crippen LogP contribution in [-0.4, -0.2) is 88.9 Å². The summed E-state index contributed by atoms with van der Waals surface area (Å²) in [6.07, 6.45) is 0. The van der Waals surface area contributed by atoms with E-state index in [9.17, 15) is 14.4 Å². The number of aliphatic carboxylic acids is 1. The molecule has 0 spiro atoms. The molecule has 6 nitrogen and oxygen atoms in total. The van der Waals surface area contributed by atoms with Gasteiger partial charge in [-0.1, -0.05) is 0 Å². The Kier molecular flexibility index (Phi) is 6.99. The predicted molar refractivity (Wildman–Crippen MR) is 70.0 cm³/mol. The fraction of sp³-hybridized carbons (Fsp3) is 0.700. The number of hydrogen-bond acceptors (Lipinski definition) is 5. The summed E-state index contributed by atoms with van der Waals surface area (Å²) in [4.78, 5) is 34.2. The topological polar surface area (TPSA) is 83.9 Å². The summed E-state index contributed by atoms with van der Waals surface area (Å²) in [6.45, 7) is 4.62. The molecule has 1 fully saturated rings. The molecular formula is C10H17CaNO5S. The fourth-order valence-electron chi connectivity index (χ4n) is 1.81. The molecule has 1 aliphatic heterocycles. The van der Waals surface area contributed by atoms with Gasteiger partial charge < -0.3 is 14.7 Å². The van der Waals surface area contributed by atoms with E-state index in [1.54, 1.807) is 6.92 Å². The van der Waals surface area contributed by atoms with E-state index in [2.05, 4.69) is 0 Å². The summed E-state index contributed by atoms with van der Waals surface area (Å²) in [7, 11) is 0. The molecular weight excluding hydrogens is 286 g/mol. The van der Waals surface area contributed by atoms with E-state index in [0.29, 0.717) is 0 Å². The van der Waals surface area contributed by atoms with Crippen LogP contribution in [0, 0.1) is 0 Å². The number of hydrogen-bond donors (Lipinski definition) is 1. The van der Waals surface area contributed by atoms with Gasteiger partial charge in [0, 0.05) is 12.7 Å². The van der Waals surface area contributed by atoms with Crippen LogP contribution in [0.3, 0.4) is 0 Å². The Labute approximate surface area is 139 Å². The maximum atomic E-state index is 11.8. The molecule has 0 saturated carbocycles. The molecule has 0 aromatic rings. The van der Waals surface area contributed by atoms with E-state index in [0.717, 1.165) is 16.7 Å². The number of rotatable bonds is 3. The van der Waals surface area contributed by atoms with Gasteiger partial charge in [0.2, 0.25) is 5.91 Å². The first-order valence-electron chi connectivity index (χ1n) is 5.18. The minimum absolute atomic E-state index is 0. The van der Waals surface area contributed by atoms with Crippen LogP contribution in [0.1, 0.15) is 20.8 Å². The van der Waals surface area contributed by atoms with E-state index >= 15 is 0 Å². The number of carbonyl (C=O) groups is 3. The third-order valence-electron chi connectivity index (χ3n) is 2.57. The van der Waals surface area contributed by atoms with Gasteiger partial charge in [-0.2, -0.15) is 0 Å². The average molecular weight is 303 g/mol. The van der Waals surface area contributed by atoms with Crippen molar-refractivity contribution >= 4 is 67.3 Å². The second-order valence-corrected chi connectivity index (χ2v) is 5.17. The molecule has 2 atom stereocenters. The normalized spacial score (nSPS) is 26.4. The van der Waals surface area contributed by atoms with Gasteiger partial charge >= 0.3 is 49.7 Å². The van der Waals surface area contributed by atoms with Crippen molar-refractivity contribution in [2.75, 3.05) is 12.4 Å². The number of esters is 1. The minimum atomic E-state index is -1.25. The Bertz CT molecular complexity index is 364. The molecule has 1 heterocycles. The average Bonchev–Trinajstić information content (AvgIpc) is 2.58. The Hall–Kier alpha value is 0.0197. The van der Waals surface area contributed by atoms with Crippen molar-refractivity contribution < 1.29 is 24.2 Å². The van der Waals surface area contributed by atoms with Gasteiger partial charge in [-0.15, -0.1) is 11.8 Å². The van der Waals surface area contributed by atoms with Crippen LogP contribution in [0.5, 0.6) is 0 Å². The van der Waals surface area contributed by atoms with Crippen molar-refractivity contribution in [2.24, 2.45) is 0 Å². The summed E-state index contributed by atoms with van der Waals surface area (Å²) >= 11 is 1.12. The molecule has 1 aliphatic rings. The molecule has 100 valence electrons. The van der Waals surface area contributed by atoms with E-state index in [1.165, 1.54) is 13.8 Å². The first-order chi connectivity index (χ1) is 7.84. The molecule has 0 aromatic heterocycles. The number of carboxylic acid groups (broad SMARTS) is 1. The third kappa shape index (κ3) is 3.31. The van der Waals surface area contributed by atoms with Crippen LogP contribution in [-0.2, 0) is 19.1 Å². The third-order valence-corrected chi connectivity index (χ3v) is 3.98. The monoisotopic (exact) mass is 303 g/mol. The molecule has 18 heavy (non-hydrogen) atoms. The number of carbonyl (C=O) groups excluding carboxylic acids is 2. The summed E-state index contributed by atoms with van der Waals surface area (Å²) < 4.78 is 4.89. The molecule has 8 heteroatoms. The quantitative estimate of drug-likeness (QED) is 0.553. The molecule has 0 radical (unpaired) electrons. The predicted octanol–water partition coefficient (Wildman–Crippen LogP) is -0.602. The van der Waals surface area contributed by atoms with Crippen molar-refractivity contribution in [1.82, 2.24) is 4.90 Å². The summed E-state index contributed by atoms with van der Waals surface area (Å²) in [5, 5.41) is 9.02. The number of ether oxygens (including phenoxy) is 1. The SMILES string of the molecule is CCOC(=O)C1(C)SCC(C(=O)O)N1C(C)=O.[CaH2]. The van der Waals surface area contributed by atoms with Crippen LogP contribution in [0.15, 0.2) is 0 Å². The van der Waals surface area contributed by atoms with E-state index < -0.39 is 28.8 Å². The zero-order valence-electron chi connectivity index (χ0n) is 9.93. The molecule has 1 saturated heterocycles. The maximum absolute atomic E-state index is 11.8. The molecule has 1 amide bonds. The number of nitrogens with zero attached hydrogens (tertiary/aromatic N) is 1. The Balaban J connectivity index is 0.00000289. The summed E-state index contributed by atoms with van der Waals surface area (Å²) in [5.74, 6) is -1.95. The van der Waals surface area contributed by atoms with Gasteiger partial charge in [-0.3, -0.25) is 4.79 Å². The first kappa shape index (κ1) is 18.0. The molecule has 1 rings (SSSR count). The Morgan fingerprint density at radius 2 is 2.06 bits per heavy atom. The van der Waals surface area contributed by atoms with E-state index in [1.807, 2.05) is 0 Å². The molecule has 2 unspecified atom stereocenters. The van der Waals surface area contributed by atoms with Gasteiger partial charge in [0.05, 0.1) is 6.61 Å². The van der Waals surface area contributed by atoms with Gasteiger partial charge in [0.1, 0.15) is 6.04 Å². The summed E-state index contributed by atoms with van der Waals surface area (Å²) in [5.41, 5.74) is 0. The first-order valence-corrected chi connectivity index (χ1v) is 6.17. The molecule has 0 aliphatic carbocycles. The van der Waals surface area contributed by atoms with Crippen molar-refractivity contribution in [3.8, 4) is 0 Å². The van der Waals surface area contributed by atoms with E-state index in [4.69, 9.17) is 9.84 Å². The molecule has 0 bridgehead atoms. The number of thioether (sulfide) groups is 1. The zero-order chi connectivity index (χ0) is 13.2. The second kappa shape index (κ2) is 6.98. The number of amides is 1. The fourth-order valence-corrected chi connectivity index (χ4v) is 3.15. The van der Waals surface area contributed by atoms with Crippen molar-refractivity contribution in [3.05, 3.63) is 0 Å². The van der Waals surface area contributed by atoms with Crippen LogP contribution < -0.4 is 0 Å². The molecule has 1 N–H and O–H groups in total. The van der Waals surface area contributed by atoms with E-state index in [-0.39, 0.29) is 50.1 Å². The van der Waals surface area contributed by atoms with Crippen LogP contribution >= 0.6 is 11.8 Å². The number of carboxylic acids is 1. The van der Waals surface area contributed by atoms with Gasteiger partial charge in [-0.05, 0) is 13.8 Å². The molecule has 0 aromatic carbocycles. The van der Waals surface area contributed by atoms with Gasteiger partial charge in [0.15, 0.2) is 4.87 Å². The van der Waals surface area contributed by atoms with Crippen molar-refractivity contribution in [2.45, 2.75) is 31.7 Å².